The van der Waals surface area contributed by atoms with E-state index in [1.54, 1.807) is 0 Å². The minimum Gasteiger partial charge on any atom is -0.313 e. The van der Waals surface area contributed by atoms with Gasteiger partial charge >= 0.3 is 0 Å². The highest BCUT2D eigenvalue weighted by Gasteiger charge is 2.17. The molecule has 1 unspecified atom stereocenters. The van der Waals surface area contributed by atoms with Gasteiger partial charge in [-0.2, -0.15) is 0 Å². The van der Waals surface area contributed by atoms with E-state index in [2.05, 4.69) is 36.0 Å². The van der Waals surface area contributed by atoms with Crippen LogP contribution in [-0.4, -0.2) is 35.6 Å². The molecule has 3 nitrogen and oxygen atoms in total. The van der Waals surface area contributed by atoms with Gasteiger partial charge in [0, 0.05) is 17.5 Å². The van der Waals surface area contributed by atoms with Crippen LogP contribution >= 0.6 is 11.3 Å². The van der Waals surface area contributed by atoms with Crippen LogP contribution in [0, 0.1) is 13.8 Å². The number of hydrogen-bond donors (Lipinski definition) is 1. The average molecular weight is 253 g/mol. The molecule has 0 aromatic carbocycles. The van der Waals surface area contributed by atoms with Gasteiger partial charge in [0.15, 0.2) is 0 Å². The molecule has 0 spiro atoms. The topological polar surface area (TPSA) is 28.2 Å². The third-order valence-corrected chi connectivity index (χ3v) is 4.54. The van der Waals surface area contributed by atoms with E-state index in [0.717, 1.165) is 19.6 Å². The fraction of sp³-hybridized carbons (Fsp3) is 0.769. The normalized spacial score (nSPS) is 22.6. The summed E-state index contributed by atoms with van der Waals surface area (Å²) >= 11 is 1.85. The molecule has 1 aliphatic rings. The molecule has 0 amide bonds. The molecule has 1 fully saturated rings. The zero-order chi connectivity index (χ0) is 12.3. The van der Waals surface area contributed by atoms with Crippen molar-refractivity contribution in [1.82, 2.24) is 15.2 Å². The average Bonchev–Trinajstić information content (AvgIpc) is 2.54. The SMILES string of the molecule is CCC1CN(Cc2nc(C)c(C)s2)CCCN1. The molecule has 4 heteroatoms. The molecule has 2 rings (SSSR count). The summed E-state index contributed by atoms with van der Waals surface area (Å²) in [7, 11) is 0. The van der Waals surface area contributed by atoms with Gasteiger partial charge in [0.1, 0.15) is 5.01 Å². The molecule has 1 aromatic rings. The Morgan fingerprint density at radius 3 is 2.94 bits per heavy atom. The molecule has 0 bridgehead atoms. The Hall–Kier alpha value is -0.450. The second-order valence-electron chi connectivity index (χ2n) is 4.90. The van der Waals surface area contributed by atoms with Gasteiger partial charge in [-0.15, -0.1) is 11.3 Å². The lowest BCUT2D eigenvalue weighted by molar-refractivity contribution is 0.257. The Bertz CT molecular complexity index is 342. The van der Waals surface area contributed by atoms with Gasteiger partial charge in [-0.05, 0) is 39.8 Å². The lowest BCUT2D eigenvalue weighted by atomic mass is 10.2. The smallest absolute Gasteiger partial charge is 0.107 e. The summed E-state index contributed by atoms with van der Waals surface area (Å²) in [5, 5.41) is 4.88. The Morgan fingerprint density at radius 1 is 1.47 bits per heavy atom. The summed E-state index contributed by atoms with van der Waals surface area (Å²) in [5.41, 5.74) is 1.20. The van der Waals surface area contributed by atoms with Crippen LogP contribution in [0.5, 0.6) is 0 Å². The summed E-state index contributed by atoms with van der Waals surface area (Å²) in [4.78, 5) is 8.55. The van der Waals surface area contributed by atoms with Crippen molar-refractivity contribution in [3.8, 4) is 0 Å². The number of aryl methyl sites for hydroxylation is 2. The zero-order valence-electron chi connectivity index (χ0n) is 11.1. The molecular weight excluding hydrogens is 230 g/mol. The maximum Gasteiger partial charge on any atom is 0.107 e. The molecule has 1 aliphatic heterocycles. The Labute approximate surface area is 108 Å². The van der Waals surface area contributed by atoms with Crippen LogP contribution in [0.4, 0.5) is 0 Å². The molecule has 0 radical (unpaired) electrons. The summed E-state index contributed by atoms with van der Waals surface area (Å²) in [6.45, 7) is 11.1. The first kappa shape index (κ1) is 13.0. The van der Waals surface area contributed by atoms with E-state index in [1.165, 1.54) is 35.0 Å². The first-order valence-electron chi connectivity index (χ1n) is 6.57. The van der Waals surface area contributed by atoms with Gasteiger partial charge in [-0.25, -0.2) is 4.98 Å². The predicted molar refractivity (Wildman–Crippen MR) is 73.6 cm³/mol. The van der Waals surface area contributed by atoms with Crippen LogP contribution in [0.25, 0.3) is 0 Å². The summed E-state index contributed by atoms with van der Waals surface area (Å²) in [5.74, 6) is 0. The molecule has 2 heterocycles. The van der Waals surface area contributed by atoms with Gasteiger partial charge in [-0.1, -0.05) is 6.92 Å². The first-order chi connectivity index (χ1) is 8.19. The van der Waals surface area contributed by atoms with Gasteiger partial charge in [0.25, 0.3) is 0 Å². The summed E-state index contributed by atoms with van der Waals surface area (Å²) in [6.07, 6.45) is 2.46. The molecule has 0 saturated carbocycles. The number of nitrogens with zero attached hydrogens (tertiary/aromatic N) is 2. The Morgan fingerprint density at radius 2 is 2.29 bits per heavy atom. The number of nitrogens with one attached hydrogen (secondary N) is 1. The fourth-order valence-corrected chi connectivity index (χ4v) is 3.27. The van der Waals surface area contributed by atoms with Gasteiger partial charge in [0.05, 0.1) is 12.2 Å². The highest BCUT2D eigenvalue weighted by molar-refractivity contribution is 7.11. The highest BCUT2D eigenvalue weighted by Crippen LogP contribution is 2.18. The number of aromatic nitrogens is 1. The highest BCUT2D eigenvalue weighted by atomic mass is 32.1. The maximum atomic E-state index is 4.64. The maximum absolute atomic E-state index is 4.64. The minimum absolute atomic E-state index is 0.652. The van der Waals surface area contributed by atoms with Crippen LogP contribution in [0.2, 0.25) is 0 Å². The standard InChI is InChI=1S/C13H23N3S/c1-4-12-8-16(7-5-6-14-12)9-13-15-10(2)11(3)17-13/h12,14H,4-9H2,1-3H3. The number of thiazole rings is 1. The predicted octanol–water partition coefficient (Wildman–Crippen LogP) is 2.33. The van der Waals surface area contributed by atoms with E-state index in [4.69, 9.17) is 0 Å². The van der Waals surface area contributed by atoms with Crippen molar-refractivity contribution in [2.75, 3.05) is 19.6 Å². The van der Waals surface area contributed by atoms with Crippen molar-refractivity contribution in [3.05, 3.63) is 15.6 Å². The van der Waals surface area contributed by atoms with Crippen molar-refractivity contribution >= 4 is 11.3 Å². The molecule has 96 valence electrons. The monoisotopic (exact) mass is 253 g/mol. The third kappa shape index (κ3) is 3.50. The van der Waals surface area contributed by atoms with Crippen LogP contribution in [0.3, 0.4) is 0 Å². The van der Waals surface area contributed by atoms with Crippen molar-refractivity contribution in [2.45, 2.75) is 46.2 Å². The largest absolute Gasteiger partial charge is 0.313 e. The molecular formula is C13H23N3S. The Balaban J connectivity index is 1.97. The van der Waals surface area contributed by atoms with Crippen molar-refractivity contribution < 1.29 is 0 Å². The zero-order valence-corrected chi connectivity index (χ0v) is 11.9. The fourth-order valence-electron chi connectivity index (χ4n) is 2.29. The van der Waals surface area contributed by atoms with E-state index in [0.29, 0.717) is 6.04 Å². The van der Waals surface area contributed by atoms with Crippen LogP contribution in [0.15, 0.2) is 0 Å². The molecule has 1 atom stereocenters. The van der Waals surface area contributed by atoms with E-state index in [-0.39, 0.29) is 0 Å². The first-order valence-corrected chi connectivity index (χ1v) is 7.39. The van der Waals surface area contributed by atoms with Gasteiger partial charge < -0.3 is 5.32 Å². The second kappa shape index (κ2) is 5.94. The van der Waals surface area contributed by atoms with Crippen molar-refractivity contribution in [3.63, 3.8) is 0 Å². The van der Waals surface area contributed by atoms with Crippen molar-refractivity contribution in [1.29, 1.82) is 0 Å². The van der Waals surface area contributed by atoms with Crippen LogP contribution in [-0.2, 0) is 6.54 Å². The second-order valence-corrected chi connectivity index (χ2v) is 6.18. The van der Waals surface area contributed by atoms with Crippen LogP contribution in [0.1, 0.15) is 35.3 Å². The van der Waals surface area contributed by atoms with E-state index < -0.39 is 0 Å². The van der Waals surface area contributed by atoms with Crippen molar-refractivity contribution in [2.24, 2.45) is 0 Å². The molecule has 1 saturated heterocycles. The molecule has 1 aromatic heterocycles. The van der Waals surface area contributed by atoms with E-state index >= 15 is 0 Å². The van der Waals surface area contributed by atoms with Crippen LogP contribution < -0.4 is 5.32 Å². The van der Waals surface area contributed by atoms with E-state index in [9.17, 15) is 0 Å². The molecule has 0 aliphatic carbocycles. The lowest BCUT2D eigenvalue weighted by Crippen LogP contribution is -2.36. The minimum atomic E-state index is 0.652. The van der Waals surface area contributed by atoms with E-state index in [1.807, 2.05) is 11.3 Å². The molecule has 17 heavy (non-hydrogen) atoms. The number of rotatable bonds is 3. The summed E-state index contributed by atoms with van der Waals surface area (Å²) < 4.78 is 0. The van der Waals surface area contributed by atoms with Gasteiger partial charge in [-0.3, -0.25) is 4.90 Å². The summed E-state index contributed by atoms with van der Waals surface area (Å²) in [6, 6.07) is 0.652. The van der Waals surface area contributed by atoms with Gasteiger partial charge in [0.2, 0.25) is 0 Å². The molecule has 1 N–H and O–H groups in total. The lowest BCUT2D eigenvalue weighted by Gasteiger charge is -2.22. The quantitative estimate of drug-likeness (QED) is 0.896. The third-order valence-electron chi connectivity index (χ3n) is 3.49. The Kier molecular flexibility index (Phi) is 4.54. The number of hydrogen-bond acceptors (Lipinski definition) is 4.